The molecule has 0 aromatic heterocycles. The molecule has 0 nitrogen and oxygen atoms in total. The quantitative estimate of drug-likeness (QED) is 0.754. The molecule has 0 atom stereocenters. The number of rotatable bonds is 2. The standard InChI is InChI=1S/C16H14S2/c1-3-7-13(8-4-1)15-16(18-12-11-17-15)14-9-5-2-6-10-14/h1-10H,11-12H2. The Balaban J connectivity index is 2.10. The smallest absolute Gasteiger partial charge is 0.0287 e. The van der Waals surface area contributed by atoms with E-state index in [1.807, 2.05) is 23.5 Å². The molecule has 1 aliphatic rings. The van der Waals surface area contributed by atoms with Gasteiger partial charge in [-0.05, 0) is 11.1 Å². The highest BCUT2D eigenvalue weighted by Gasteiger charge is 2.16. The van der Waals surface area contributed by atoms with Gasteiger partial charge in [-0.1, -0.05) is 60.7 Å². The zero-order valence-electron chi connectivity index (χ0n) is 10.0. The van der Waals surface area contributed by atoms with Crippen molar-refractivity contribution in [2.75, 3.05) is 11.5 Å². The van der Waals surface area contributed by atoms with E-state index in [9.17, 15) is 0 Å². The average molecular weight is 270 g/mol. The van der Waals surface area contributed by atoms with Gasteiger partial charge < -0.3 is 0 Å². The van der Waals surface area contributed by atoms with Gasteiger partial charge in [0.1, 0.15) is 0 Å². The monoisotopic (exact) mass is 270 g/mol. The van der Waals surface area contributed by atoms with E-state index in [1.54, 1.807) is 0 Å². The lowest BCUT2D eigenvalue weighted by molar-refractivity contribution is 1.55. The molecule has 2 aromatic carbocycles. The number of hydrogen-bond acceptors (Lipinski definition) is 2. The second-order valence-corrected chi connectivity index (χ2v) is 6.30. The molecule has 0 unspecified atom stereocenters. The van der Waals surface area contributed by atoms with Crippen LogP contribution in [0.1, 0.15) is 11.1 Å². The van der Waals surface area contributed by atoms with Gasteiger partial charge >= 0.3 is 0 Å². The molecule has 2 aromatic rings. The zero-order chi connectivity index (χ0) is 12.2. The van der Waals surface area contributed by atoms with Gasteiger partial charge in [-0.2, -0.15) is 0 Å². The molecule has 2 heteroatoms. The highest BCUT2D eigenvalue weighted by Crippen LogP contribution is 2.45. The Morgan fingerprint density at radius 1 is 0.556 bits per heavy atom. The van der Waals surface area contributed by atoms with Crippen LogP contribution in [0.15, 0.2) is 60.7 Å². The number of thioether (sulfide) groups is 2. The third-order valence-corrected chi connectivity index (χ3v) is 5.52. The molecule has 0 spiro atoms. The van der Waals surface area contributed by atoms with Crippen LogP contribution in [-0.2, 0) is 0 Å². The summed E-state index contributed by atoms with van der Waals surface area (Å²) < 4.78 is 0. The highest BCUT2D eigenvalue weighted by molar-refractivity contribution is 8.16. The normalized spacial score (nSPS) is 15.8. The molecule has 0 N–H and O–H groups in total. The third-order valence-electron chi connectivity index (χ3n) is 2.85. The fraction of sp³-hybridized carbons (Fsp3) is 0.125. The van der Waals surface area contributed by atoms with Crippen LogP contribution in [0.2, 0.25) is 0 Å². The second kappa shape index (κ2) is 5.68. The summed E-state index contributed by atoms with van der Waals surface area (Å²) in [5.74, 6) is 2.40. The van der Waals surface area contributed by atoms with Gasteiger partial charge in [0.2, 0.25) is 0 Å². The van der Waals surface area contributed by atoms with Crippen LogP contribution in [0.4, 0.5) is 0 Å². The minimum absolute atomic E-state index is 1.20. The molecule has 0 saturated carbocycles. The van der Waals surface area contributed by atoms with Crippen molar-refractivity contribution >= 4 is 33.3 Å². The predicted molar refractivity (Wildman–Crippen MR) is 84.6 cm³/mol. The summed E-state index contributed by atoms with van der Waals surface area (Å²) in [5.41, 5.74) is 2.68. The van der Waals surface area contributed by atoms with Gasteiger partial charge in [0.15, 0.2) is 0 Å². The first-order chi connectivity index (χ1) is 8.95. The molecule has 0 radical (unpaired) electrons. The van der Waals surface area contributed by atoms with Gasteiger partial charge in [0, 0.05) is 21.3 Å². The maximum absolute atomic E-state index is 2.21. The minimum Gasteiger partial charge on any atom is -0.123 e. The Bertz CT molecular complexity index is 492. The second-order valence-electron chi connectivity index (χ2n) is 4.09. The van der Waals surface area contributed by atoms with Crippen LogP contribution in [0.3, 0.4) is 0 Å². The van der Waals surface area contributed by atoms with Crippen molar-refractivity contribution in [3.8, 4) is 0 Å². The van der Waals surface area contributed by atoms with Crippen molar-refractivity contribution in [3.05, 3.63) is 71.8 Å². The van der Waals surface area contributed by atoms with Crippen LogP contribution in [0.25, 0.3) is 9.81 Å². The van der Waals surface area contributed by atoms with Crippen LogP contribution in [0, 0.1) is 0 Å². The van der Waals surface area contributed by atoms with E-state index in [0.29, 0.717) is 0 Å². The zero-order valence-corrected chi connectivity index (χ0v) is 11.6. The molecule has 0 saturated heterocycles. The lowest BCUT2D eigenvalue weighted by atomic mass is 10.1. The van der Waals surface area contributed by atoms with E-state index >= 15 is 0 Å². The lowest BCUT2D eigenvalue weighted by Gasteiger charge is -2.20. The van der Waals surface area contributed by atoms with Crippen LogP contribution >= 0.6 is 23.5 Å². The lowest BCUT2D eigenvalue weighted by Crippen LogP contribution is -1.97. The predicted octanol–water partition coefficient (Wildman–Crippen LogP) is 4.99. The molecular formula is C16H14S2. The van der Waals surface area contributed by atoms with Crippen LogP contribution < -0.4 is 0 Å². The fourth-order valence-electron chi connectivity index (χ4n) is 2.03. The highest BCUT2D eigenvalue weighted by atomic mass is 32.2. The largest absolute Gasteiger partial charge is 0.123 e. The van der Waals surface area contributed by atoms with E-state index in [1.165, 1.54) is 32.4 Å². The molecule has 3 rings (SSSR count). The van der Waals surface area contributed by atoms with Gasteiger partial charge in [-0.25, -0.2) is 0 Å². The van der Waals surface area contributed by atoms with E-state index < -0.39 is 0 Å². The summed E-state index contributed by atoms with van der Waals surface area (Å²) in [4.78, 5) is 2.86. The summed E-state index contributed by atoms with van der Waals surface area (Å²) in [6, 6.07) is 21.4. The van der Waals surface area contributed by atoms with Gasteiger partial charge in [0.25, 0.3) is 0 Å². The minimum atomic E-state index is 1.20. The third kappa shape index (κ3) is 2.50. The van der Waals surface area contributed by atoms with Gasteiger partial charge in [0.05, 0.1) is 0 Å². The van der Waals surface area contributed by atoms with Crippen LogP contribution in [-0.4, -0.2) is 11.5 Å². The Morgan fingerprint density at radius 3 is 1.33 bits per heavy atom. The van der Waals surface area contributed by atoms with E-state index in [2.05, 4.69) is 60.7 Å². The van der Waals surface area contributed by atoms with E-state index in [-0.39, 0.29) is 0 Å². The Morgan fingerprint density at radius 2 is 0.944 bits per heavy atom. The fourth-order valence-corrected chi connectivity index (χ4v) is 4.56. The molecule has 1 aliphatic heterocycles. The molecule has 1 heterocycles. The molecule has 0 bridgehead atoms. The van der Waals surface area contributed by atoms with Crippen molar-refractivity contribution in [3.63, 3.8) is 0 Å². The summed E-state index contributed by atoms with van der Waals surface area (Å²) >= 11 is 3.96. The van der Waals surface area contributed by atoms with Crippen molar-refractivity contribution in [2.24, 2.45) is 0 Å². The molecule has 90 valence electrons. The maximum atomic E-state index is 2.21. The number of benzene rings is 2. The first-order valence-corrected chi connectivity index (χ1v) is 8.03. The van der Waals surface area contributed by atoms with E-state index in [0.717, 1.165) is 0 Å². The van der Waals surface area contributed by atoms with E-state index in [4.69, 9.17) is 0 Å². The first kappa shape index (κ1) is 11.9. The SMILES string of the molecule is c1ccc(C2=C(c3ccccc3)SCCS2)cc1. The summed E-state index contributed by atoms with van der Waals surface area (Å²) in [6.45, 7) is 0. The number of hydrogen-bond donors (Lipinski definition) is 0. The molecule has 0 fully saturated rings. The average Bonchev–Trinajstić information content (AvgIpc) is 2.49. The van der Waals surface area contributed by atoms with Gasteiger partial charge in [-0.3, -0.25) is 0 Å². The maximum Gasteiger partial charge on any atom is 0.0287 e. The molecular weight excluding hydrogens is 256 g/mol. The van der Waals surface area contributed by atoms with Crippen molar-refractivity contribution in [1.29, 1.82) is 0 Å². The van der Waals surface area contributed by atoms with Crippen molar-refractivity contribution < 1.29 is 0 Å². The summed E-state index contributed by atoms with van der Waals surface area (Å²) in [7, 11) is 0. The molecule has 0 aliphatic carbocycles. The summed E-state index contributed by atoms with van der Waals surface area (Å²) in [6.07, 6.45) is 0. The topological polar surface area (TPSA) is 0 Å². The Kier molecular flexibility index (Phi) is 3.77. The summed E-state index contributed by atoms with van der Waals surface area (Å²) in [5, 5.41) is 0. The van der Waals surface area contributed by atoms with Crippen molar-refractivity contribution in [1.82, 2.24) is 0 Å². The first-order valence-electron chi connectivity index (χ1n) is 6.06. The Hall–Kier alpha value is -1.12. The molecule has 0 amide bonds. The van der Waals surface area contributed by atoms with Crippen LogP contribution in [0.5, 0.6) is 0 Å². The molecule has 18 heavy (non-hydrogen) atoms. The van der Waals surface area contributed by atoms with Crippen molar-refractivity contribution in [2.45, 2.75) is 0 Å². The Labute approximate surface area is 116 Å². The van der Waals surface area contributed by atoms with Gasteiger partial charge in [-0.15, -0.1) is 23.5 Å².